The molecular weight excluding hydrogens is 264 g/mol. The topological polar surface area (TPSA) is 0 Å². The predicted octanol–water partition coefficient (Wildman–Crippen LogP) is 5.68. The Balaban J connectivity index is 2.10. The molecule has 3 heteroatoms. The Morgan fingerprint density at radius 1 is 0.765 bits per heavy atom. The molecule has 0 nitrogen and oxygen atoms in total. The number of fused-ring (bicyclic) bond motifs is 5. The molecule has 1 aromatic heterocycles. The monoisotopic (exact) mass is 272 g/mol. The van der Waals surface area contributed by atoms with Crippen LogP contribution in [0.25, 0.3) is 20.5 Å². The third-order valence-electron chi connectivity index (χ3n) is 2.90. The van der Waals surface area contributed by atoms with Crippen molar-refractivity contribution in [2.75, 3.05) is 0 Å². The van der Waals surface area contributed by atoms with Gasteiger partial charge in [0.25, 0.3) is 0 Å². The number of hydrogen-bond donors (Lipinski definition) is 0. The van der Waals surface area contributed by atoms with Crippen LogP contribution in [0.4, 0.5) is 0 Å². The molecule has 0 atom stereocenters. The van der Waals surface area contributed by atoms with E-state index < -0.39 is 0 Å². The molecular formula is C14H8S3. The third-order valence-corrected chi connectivity index (χ3v) is 6.73. The maximum absolute atomic E-state index is 2.23. The minimum Gasteiger partial charge on any atom is -0.134 e. The van der Waals surface area contributed by atoms with Gasteiger partial charge in [0.15, 0.2) is 0 Å². The molecule has 82 valence electrons. The molecule has 2 aromatic carbocycles. The van der Waals surface area contributed by atoms with Crippen LogP contribution in [0.2, 0.25) is 0 Å². The van der Waals surface area contributed by atoms with E-state index in [1.165, 1.54) is 30.3 Å². The van der Waals surface area contributed by atoms with Gasteiger partial charge in [-0.3, -0.25) is 0 Å². The van der Waals surface area contributed by atoms with Gasteiger partial charge in [-0.15, -0.1) is 11.3 Å². The van der Waals surface area contributed by atoms with Crippen molar-refractivity contribution in [3.8, 4) is 10.4 Å². The average molecular weight is 272 g/mol. The second-order valence-corrected chi connectivity index (χ2v) is 7.15. The van der Waals surface area contributed by atoms with Gasteiger partial charge < -0.3 is 0 Å². The minimum absolute atomic E-state index is 1.39. The van der Waals surface area contributed by atoms with Gasteiger partial charge in [-0.05, 0) is 12.1 Å². The highest BCUT2D eigenvalue weighted by Gasteiger charge is 2.21. The molecule has 0 saturated carbocycles. The molecule has 0 bridgehead atoms. The fourth-order valence-electron chi connectivity index (χ4n) is 2.10. The maximum Gasteiger partial charge on any atom is 0.0511 e. The Bertz CT molecular complexity index is 712. The zero-order valence-corrected chi connectivity index (χ0v) is 11.3. The Morgan fingerprint density at radius 2 is 1.59 bits per heavy atom. The number of benzene rings is 2. The molecule has 0 spiro atoms. The van der Waals surface area contributed by atoms with E-state index in [2.05, 4.69) is 48.5 Å². The number of thiophene rings is 1. The summed E-state index contributed by atoms with van der Waals surface area (Å²) in [7, 11) is 3.77. The lowest BCUT2D eigenvalue weighted by atomic mass is 10.1. The fourth-order valence-corrected chi connectivity index (χ4v) is 6.27. The fraction of sp³-hybridized carbons (Fsp3) is 0. The lowest BCUT2D eigenvalue weighted by Crippen LogP contribution is -1.83. The van der Waals surface area contributed by atoms with Gasteiger partial charge in [-0.25, -0.2) is 0 Å². The van der Waals surface area contributed by atoms with Crippen LogP contribution in [0.3, 0.4) is 0 Å². The number of hydrogen-bond acceptors (Lipinski definition) is 3. The quantitative estimate of drug-likeness (QED) is 0.483. The molecule has 1 aliphatic heterocycles. The van der Waals surface area contributed by atoms with Crippen LogP contribution in [-0.2, 0) is 0 Å². The second kappa shape index (κ2) is 3.80. The van der Waals surface area contributed by atoms with Crippen molar-refractivity contribution in [3.05, 3.63) is 48.5 Å². The molecule has 0 amide bonds. The SMILES string of the molecule is c1ccc2c(c1)SSc1c-2sc2ccccc12. The second-order valence-electron chi connectivity index (χ2n) is 3.92. The summed E-state index contributed by atoms with van der Waals surface area (Å²) in [5.41, 5.74) is 1.40. The lowest BCUT2D eigenvalue weighted by Gasteiger charge is -2.14. The van der Waals surface area contributed by atoms with Crippen molar-refractivity contribution in [1.29, 1.82) is 0 Å². The van der Waals surface area contributed by atoms with Crippen LogP contribution in [0.5, 0.6) is 0 Å². The molecule has 2 heterocycles. The smallest absolute Gasteiger partial charge is 0.0511 e. The molecule has 0 fully saturated rings. The van der Waals surface area contributed by atoms with Gasteiger partial charge in [0.1, 0.15) is 0 Å². The van der Waals surface area contributed by atoms with Gasteiger partial charge in [-0.1, -0.05) is 58.0 Å². The van der Waals surface area contributed by atoms with Crippen molar-refractivity contribution in [2.45, 2.75) is 9.79 Å². The van der Waals surface area contributed by atoms with Crippen LogP contribution >= 0.6 is 32.9 Å². The standard InChI is InChI=1S/C14H8S3/c1-3-7-11-9(5-1)14-13(15-11)10-6-2-4-8-12(10)16-17-14/h1-8H. The van der Waals surface area contributed by atoms with E-state index in [0.717, 1.165) is 0 Å². The van der Waals surface area contributed by atoms with E-state index in [1.807, 2.05) is 32.9 Å². The largest absolute Gasteiger partial charge is 0.134 e. The zero-order valence-electron chi connectivity index (χ0n) is 8.84. The lowest BCUT2D eigenvalue weighted by molar-refractivity contribution is 1.44. The first kappa shape index (κ1) is 10.1. The normalized spacial score (nSPS) is 13.4. The Kier molecular flexibility index (Phi) is 2.25. The summed E-state index contributed by atoms with van der Waals surface area (Å²) < 4.78 is 1.39. The zero-order chi connectivity index (χ0) is 11.2. The first-order valence-corrected chi connectivity index (χ1v) is 8.35. The van der Waals surface area contributed by atoms with Crippen LogP contribution < -0.4 is 0 Å². The van der Waals surface area contributed by atoms with Gasteiger partial charge in [-0.2, -0.15) is 0 Å². The van der Waals surface area contributed by atoms with Crippen LogP contribution in [-0.4, -0.2) is 0 Å². The molecule has 0 N–H and O–H groups in total. The third kappa shape index (κ3) is 1.46. The molecule has 0 radical (unpaired) electrons. The van der Waals surface area contributed by atoms with Crippen molar-refractivity contribution >= 4 is 43.0 Å². The summed E-state index contributed by atoms with van der Waals surface area (Å²) >= 11 is 1.91. The van der Waals surface area contributed by atoms with E-state index in [4.69, 9.17) is 0 Å². The van der Waals surface area contributed by atoms with Crippen LogP contribution in [0.15, 0.2) is 58.3 Å². The van der Waals surface area contributed by atoms with Gasteiger partial charge in [0, 0.05) is 25.4 Å². The summed E-state index contributed by atoms with van der Waals surface area (Å²) in [6.07, 6.45) is 0. The molecule has 0 saturated heterocycles. The van der Waals surface area contributed by atoms with Crippen molar-refractivity contribution in [1.82, 2.24) is 0 Å². The van der Waals surface area contributed by atoms with Gasteiger partial charge in [0.05, 0.1) is 4.88 Å². The summed E-state index contributed by atoms with van der Waals surface area (Å²) in [6, 6.07) is 17.4. The number of rotatable bonds is 0. The summed E-state index contributed by atoms with van der Waals surface area (Å²) in [5, 5.41) is 1.40. The van der Waals surface area contributed by atoms with Gasteiger partial charge in [0.2, 0.25) is 0 Å². The first-order valence-electron chi connectivity index (χ1n) is 5.39. The highest BCUT2D eigenvalue weighted by molar-refractivity contribution is 8.77. The molecule has 1 aliphatic rings. The van der Waals surface area contributed by atoms with E-state index in [-0.39, 0.29) is 0 Å². The maximum atomic E-state index is 2.23. The molecule has 0 unspecified atom stereocenters. The summed E-state index contributed by atoms with van der Waals surface area (Å²) in [5.74, 6) is 0. The van der Waals surface area contributed by atoms with Gasteiger partial charge >= 0.3 is 0 Å². The molecule has 4 rings (SSSR count). The van der Waals surface area contributed by atoms with Crippen LogP contribution in [0.1, 0.15) is 0 Å². The average Bonchev–Trinajstić information content (AvgIpc) is 2.78. The predicted molar refractivity (Wildman–Crippen MR) is 79.0 cm³/mol. The molecule has 3 aromatic rings. The molecule has 17 heavy (non-hydrogen) atoms. The highest BCUT2D eigenvalue weighted by Crippen LogP contribution is 2.56. The van der Waals surface area contributed by atoms with Crippen molar-refractivity contribution in [2.24, 2.45) is 0 Å². The van der Waals surface area contributed by atoms with E-state index in [0.29, 0.717) is 0 Å². The minimum atomic E-state index is 1.39. The Morgan fingerprint density at radius 3 is 2.59 bits per heavy atom. The van der Waals surface area contributed by atoms with E-state index >= 15 is 0 Å². The van der Waals surface area contributed by atoms with E-state index in [1.54, 1.807) is 0 Å². The highest BCUT2D eigenvalue weighted by atomic mass is 33.1. The van der Waals surface area contributed by atoms with Crippen molar-refractivity contribution < 1.29 is 0 Å². The Labute approximate surface area is 111 Å². The van der Waals surface area contributed by atoms with Crippen LogP contribution in [0, 0.1) is 0 Å². The van der Waals surface area contributed by atoms with Crippen molar-refractivity contribution in [3.63, 3.8) is 0 Å². The first-order chi connectivity index (χ1) is 8.43. The summed E-state index contributed by atoms with van der Waals surface area (Å²) in [6.45, 7) is 0. The Hall–Kier alpha value is -0.900. The molecule has 0 aliphatic carbocycles. The summed E-state index contributed by atoms with van der Waals surface area (Å²) in [4.78, 5) is 4.26. The van der Waals surface area contributed by atoms with E-state index in [9.17, 15) is 0 Å².